The van der Waals surface area contributed by atoms with Crippen LogP contribution in [0.15, 0.2) is 42.5 Å². The molecule has 1 unspecified atom stereocenters. The molecule has 1 aliphatic heterocycles. The van der Waals surface area contributed by atoms with E-state index in [1.807, 2.05) is 42.5 Å². The van der Waals surface area contributed by atoms with Crippen molar-refractivity contribution >= 4 is 18.4 Å². The molecule has 7 heteroatoms. The molecule has 29 heavy (non-hydrogen) atoms. The third-order valence-electron chi connectivity index (χ3n) is 5.17. The van der Waals surface area contributed by atoms with Crippen molar-refractivity contribution in [2.75, 3.05) is 27.2 Å². The fourth-order valence-corrected chi connectivity index (χ4v) is 3.81. The van der Waals surface area contributed by atoms with Crippen molar-refractivity contribution in [2.45, 2.75) is 25.0 Å². The zero-order valence-electron chi connectivity index (χ0n) is 16.6. The Morgan fingerprint density at radius 3 is 2.66 bits per heavy atom. The summed E-state index contributed by atoms with van der Waals surface area (Å²) < 4.78 is 11.6. The van der Waals surface area contributed by atoms with Crippen LogP contribution in [-0.2, 0) is 21.7 Å². The Kier molecular flexibility index (Phi) is 7.63. The molecule has 1 aliphatic rings. The number of likely N-dealkylation sites (N-methyl/N-ethyl adjacent to an activating group) is 1. The quantitative estimate of drug-likeness (QED) is 0.708. The van der Waals surface area contributed by atoms with E-state index in [1.165, 1.54) is 0 Å². The molecule has 154 valence electrons. The molecule has 0 saturated heterocycles. The van der Waals surface area contributed by atoms with Gasteiger partial charge < -0.3 is 14.6 Å². The van der Waals surface area contributed by atoms with Gasteiger partial charge in [0.15, 0.2) is 0 Å². The SMILES string of the molecule is COc1ccc(C2(CCCN(C)CC(=O)O)OCc3cc(C#N)ccc32)cc1.Cl. The van der Waals surface area contributed by atoms with Gasteiger partial charge in [-0.15, -0.1) is 12.4 Å². The van der Waals surface area contributed by atoms with E-state index >= 15 is 0 Å². The number of carboxylic acid groups (broad SMARTS) is 1. The molecular formula is C22H25ClN2O4. The lowest BCUT2D eigenvalue weighted by molar-refractivity contribution is -0.138. The molecule has 0 amide bonds. The second-order valence-corrected chi connectivity index (χ2v) is 7.06. The maximum atomic E-state index is 10.9. The van der Waals surface area contributed by atoms with Gasteiger partial charge in [0.05, 0.1) is 31.9 Å². The van der Waals surface area contributed by atoms with Gasteiger partial charge in [-0.05, 0) is 67.4 Å². The molecule has 3 rings (SSSR count). The predicted molar refractivity (Wildman–Crippen MR) is 111 cm³/mol. The number of hydrogen-bond donors (Lipinski definition) is 1. The Morgan fingerprint density at radius 2 is 2.03 bits per heavy atom. The first-order valence-electron chi connectivity index (χ1n) is 9.21. The van der Waals surface area contributed by atoms with Gasteiger partial charge in [0.2, 0.25) is 0 Å². The van der Waals surface area contributed by atoms with E-state index in [2.05, 4.69) is 6.07 Å². The van der Waals surface area contributed by atoms with E-state index in [4.69, 9.17) is 14.6 Å². The molecular weight excluding hydrogens is 392 g/mol. The lowest BCUT2D eigenvalue weighted by Gasteiger charge is -2.31. The van der Waals surface area contributed by atoms with Crippen molar-refractivity contribution < 1.29 is 19.4 Å². The van der Waals surface area contributed by atoms with Crippen molar-refractivity contribution in [3.8, 4) is 11.8 Å². The molecule has 2 aromatic rings. The van der Waals surface area contributed by atoms with E-state index < -0.39 is 11.6 Å². The molecule has 6 nitrogen and oxygen atoms in total. The van der Waals surface area contributed by atoms with Crippen molar-refractivity contribution in [2.24, 2.45) is 0 Å². The summed E-state index contributed by atoms with van der Waals surface area (Å²) in [5, 5.41) is 18.1. The van der Waals surface area contributed by atoms with Crippen LogP contribution >= 0.6 is 12.4 Å². The van der Waals surface area contributed by atoms with Gasteiger partial charge in [0, 0.05) is 0 Å². The minimum absolute atomic E-state index is 0. The third kappa shape index (κ3) is 4.88. The average molecular weight is 417 g/mol. The topological polar surface area (TPSA) is 82.8 Å². The van der Waals surface area contributed by atoms with Crippen LogP contribution in [0.3, 0.4) is 0 Å². The molecule has 0 bridgehead atoms. The van der Waals surface area contributed by atoms with Crippen LogP contribution in [0.25, 0.3) is 0 Å². The van der Waals surface area contributed by atoms with Gasteiger partial charge in [-0.25, -0.2) is 0 Å². The van der Waals surface area contributed by atoms with Crippen molar-refractivity contribution in [1.82, 2.24) is 4.90 Å². The first-order valence-corrected chi connectivity index (χ1v) is 9.21. The van der Waals surface area contributed by atoms with Crippen LogP contribution in [0.4, 0.5) is 0 Å². The van der Waals surface area contributed by atoms with Gasteiger partial charge in [0.25, 0.3) is 0 Å². The van der Waals surface area contributed by atoms with E-state index in [9.17, 15) is 10.1 Å². The summed E-state index contributed by atoms with van der Waals surface area (Å²) in [6.07, 6.45) is 1.48. The molecule has 0 saturated carbocycles. The van der Waals surface area contributed by atoms with Gasteiger partial charge in [0.1, 0.15) is 11.4 Å². The zero-order valence-corrected chi connectivity index (χ0v) is 17.4. The number of nitrogens with zero attached hydrogens (tertiary/aromatic N) is 2. The Bertz CT molecular complexity index is 895. The number of halogens is 1. The highest BCUT2D eigenvalue weighted by molar-refractivity contribution is 5.85. The largest absolute Gasteiger partial charge is 0.497 e. The summed E-state index contributed by atoms with van der Waals surface area (Å²) in [6, 6.07) is 15.7. The number of benzene rings is 2. The highest BCUT2D eigenvalue weighted by Gasteiger charge is 2.41. The molecule has 1 N–H and O–H groups in total. The molecule has 2 aromatic carbocycles. The minimum atomic E-state index is -0.834. The first-order chi connectivity index (χ1) is 13.5. The maximum Gasteiger partial charge on any atom is 0.317 e. The summed E-state index contributed by atoms with van der Waals surface area (Å²) in [6.45, 7) is 1.11. The van der Waals surface area contributed by atoms with Crippen LogP contribution in [0, 0.1) is 11.3 Å². The third-order valence-corrected chi connectivity index (χ3v) is 5.17. The highest BCUT2D eigenvalue weighted by atomic mass is 35.5. The second-order valence-electron chi connectivity index (χ2n) is 7.06. The van der Waals surface area contributed by atoms with Crippen molar-refractivity contribution in [3.05, 3.63) is 64.7 Å². The summed E-state index contributed by atoms with van der Waals surface area (Å²) >= 11 is 0. The summed E-state index contributed by atoms with van der Waals surface area (Å²) in [5.74, 6) is -0.0583. The average Bonchev–Trinajstić information content (AvgIpc) is 3.06. The molecule has 0 fully saturated rings. The number of carbonyl (C=O) groups is 1. The van der Waals surface area contributed by atoms with E-state index in [0.29, 0.717) is 25.1 Å². The van der Waals surface area contributed by atoms with E-state index in [0.717, 1.165) is 28.9 Å². The van der Waals surface area contributed by atoms with Crippen molar-refractivity contribution in [1.29, 1.82) is 5.26 Å². The van der Waals surface area contributed by atoms with Gasteiger partial charge in [-0.3, -0.25) is 9.69 Å². The van der Waals surface area contributed by atoms with Crippen LogP contribution in [-0.4, -0.2) is 43.2 Å². The number of rotatable bonds is 8. The Balaban J connectivity index is 0.00000300. The van der Waals surface area contributed by atoms with Crippen LogP contribution < -0.4 is 4.74 Å². The Labute approximate surface area is 177 Å². The normalized spacial score (nSPS) is 17.3. The highest BCUT2D eigenvalue weighted by Crippen LogP contribution is 2.45. The fraction of sp³-hybridized carbons (Fsp3) is 0.364. The summed E-state index contributed by atoms with van der Waals surface area (Å²) in [7, 11) is 3.44. The predicted octanol–water partition coefficient (Wildman–Crippen LogP) is 3.56. The number of nitriles is 1. The number of fused-ring (bicyclic) bond motifs is 1. The molecule has 1 heterocycles. The molecule has 0 aliphatic carbocycles. The van der Waals surface area contributed by atoms with E-state index in [1.54, 1.807) is 19.1 Å². The zero-order chi connectivity index (χ0) is 20.1. The van der Waals surface area contributed by atoms with Crippen LogP contribution in [0.2, 0.25) is 0 Å². The molecule has 0 radical (unpaired) electrons. The lowest BCUT2D eigenvalue weighted by atomic mass is 9.81. The molecule has 0 spiro atoms. The Morgan fingerprint density at radius 1 is 1.31 bits per heavy atom. The standard InChI is InChI=1S/C22H24N2O4.ClH/c1-24(14-21(25)26)11-3-10-22(18-5-7-19(27-2)8-6-18)20-9-4-16(13-23)12-17(20)15-28-22;/h4-9,12H,3,10-11,14-15H2,1-2H3,(H,25,26);1H. The van der Waals surface area contributed by atoms with Crippen molar-refractivity contribution in [3.63, 3.8) is 0 Å². The smallest absolute Gasteiger partial charge is 0.317 e. The van der Waals surface area contributed by atoms with Crippen LogP contribution in [0.1, 0.15) is 35.1 Å². The summed E-state index contributed by atoms with van der Waals surface area (Å²) in [4.78, 5) is 12.7. The van der Waals surface area contributed by atoms with Gasteiger partial charge >= 0.3 is 5.97 Å². The molecule has 0 aromatic heterocycles. The monoisotopic (exact) mass is 416 g/mol. The minimum Gasteiger partial charge on any atom is -0.497 e. The van der Waals surface area contributed by atoms with E-state index in [-0.39, 0.29) is 19.0 Å². The van der Waals surface area contributed by atoms with Gasteiger partial charge in [-0.2, -0.15) is 5.26 Å². The van der Waals surface area contributed by atoms with Crippen LogP contribution in [0.5, 0.6) is 5.75 Å². The summed E-state index contributed by atoms with van der Waals surface area (Å²) in [5.41, 5.74) is 3.12. The Hall–Kier alpha value is -2.59. The lowest BCUT2D eigenvalue weighted by Crippen LogP contribution is -2.31. The molecule has 1 atom stereocenters. The van der Waals surface area contributed by atoms with Gasteiger partial charge in [-0.1, -0.05) is 18.2 Å². The fourth-order valence-electron chi connectivity index (χ4n) is 3.81. The first kappa shape index (κ1) is 22.7. The maximum absolute atomic E-state index is 10.9. The number of aliphatic carboxylic acids is 1. The number of methoxy groups -OCH3 is 1. The second kappa shape index (κ2) is 9.75. The number of ether oxygens (including phenoxy) is 2. The number of carboxylic acids is 1. The number of hydrogen-bond acceptors (Lipinski definition) is 5.